The molecule has 2 aromatic rings. The van der Waals surface area contributed by atoms with E-state index in [0.717, 1.165) is 11.1 Å². The van der Waals surface area contributed by atoms with Crippen LogP contribution in [0, 0.1) is 0 Å². The number of amides is 3. The van der Waals surface area contributed by atoms with Gasteiger partial charge in [0.05, 0.1) is 12.8 Å². The van der Waals surface area contributed by atoms with E-state index in [-0.39, 0.29) is 23.4 Å². The largest absolute Gasteiger partial charge is 0.495 e. The molecule has 2 rings (SSSR count). The molecule has 0 saturated carbocycles. The molecule has 0 aliphatic rings. The number of ether oxygens (including phenoxy) is 1. The van der Waals surface area contributed by atoms with Crippen LogP contribution < -0.4 is 20.7 Å². The number of anilines is 1. The van der Waals surface area contributed by atoms with Crippen molar-refractivity contribution in [1.29, 1.82) is 0 Å². The van der Waals surface area contributed by atoms with E-state index in [1.54, 1.807) is 19.2 Å². The first-order chi connectivity index (χ1) is 13.6. The Bertz CT molecular complexity index is 853. The zero-order chi connectivity index (χ0) is 21.6. The molecule has 3 amide bonds. The van der Waals surface area contributed by atoms with Gasteiger partial charge in [0.1, 0.15) is 5.75 Å². The van der Waals surface area contributed by atoms with E-state index in [1.165, 1.54) is 0 Å². The molecule has 156 valence electrons. The normalized spacial score (nSPS) is 11.1. The Hall–Kier alpha value is -3.02. The minimum atomic E-state index is -0.216. The highest BCUT2D eigenvalue weighted by Gasteiger charge is 2.17. The number of hydrogen-bond donors (Lipinski definition) is 3. The molecule has 0 aliphatic carbocycles. The molecule has 2 aromatic carbocycles. The summed E-state index contributed by atoms with van der Waals surface area (Å²) in [5.74, 6) is 0.398. The van der Waals surface area contributed by atoms with Crippen LogP contribution >= 0.6 is 0 Å². The van der Waals surface area contributed by atoms with Crippen LogP contribution in [0.2, 0.25) is 0 Å². The molecule has 0 bridgehead atoms. The van der Waals surface area contributed by atoms with Crippen molar-refractivity contribution in [2.75, 3.05) is 12.4 Å². The molecule has 3 N–H and O–H groups in total. The lowest BCUT2D eigenvalue weighted by Crippen LogP contribution is -2.39. The number of carbonyl (C=O) groups is 2. The van der Waals surface area contributed by atoms with E-state index < -0.39 is 0 Å². The molecule has 0 fully saturated rings. The second-order valence-corrected chi connectivity index (χ2v) is 8.30. The highest BCUT2D eigenvalue weighted by molar-refractivity contribution is 6.05. The van der Waals surface area contributed by atoms with Crippen molar-refractivity contribution in [1.82, 2.24) is 10.6 Å². The lowest BCUT2D eigenvalue weighted by atomic mass is 9.87. The van der Waals surface area contributed by atoms with Gasteiger partial charge in [-0.25, -0.2) is 4.79 Å². The molecule has 6 nitrogen and oxygen atoms in total. The number of nitrogens with one attached hydrogen (secondary N) is 3. The second-order valence-electron chi connectivity index (χ2n) is 8.30. The maximum atomic E-state index is 12.7. The van der Waals surface area contributed by atoms with Crippen LogP contribution in [0.4, 0.5) is 10.5 Å². The fourth-order valence-corrected chi connectivity index (χ4v) is 2.74. The topological polar surface area (TPSA) is 79.5 Å². The van der Waals surface area contributed by atoms with Crippen molar-refractivity contribution in [3.8, 4) is 5.75 Å². The molecule has 0 radical (unpaired) electrons. The summed E-state index contributed by atoms with van der Waals surface area (Å²) < 4.78 is 5.39. The van der Waals surface area contributed by atoms with Gasteiger partial charge in [0.2, 0.25) is 0 Å². The summed E-state index contributed by atoms with van der Waals surface area (Å²) in [6, 6.07) is 12.8. The van der Waals surface area contributed by atoms with E-state index >= 15 is 0 Å². The van der Waals surface area contributed by atoms with E-state index in [1.807, 2.05) is 44.2 Å². The Morgan fingerprint density at radius 2 is 1.69 bits per heavy atom. The van der Waals surface area contributed by atoms with E-state index in [2.05, 4.69) is 36.7 Å². The summed E-state index contributed by atoms with van der Waals surface area (Å²) in [6.45, 7) is 10.6. The van der Waals surface area contributed by atoms with Gasteiger partial charge in [0, 0.05) is 18.2 Å². The molecule has 0 aromatic heterocycles. The van der Waals surface area contributed by atoms with Crippen LogP contribution in [0.5, 0.6) is 5.75 Å². The standard InChI is InChI=1S/C23H31N3O3/c1-15(2)25-22(28)24-14-16-7-9-17(10-8-16)21(27)26-19-13-18(23(3,4)5)11-12-20(19)29-6/h7-13,15H,14H2,1-6H3,(H,26,27)(H2,24,25,28). The third kappa shape index (κ3) is 6.52. The Balaban J connectivity index is 2.07. The van der Waals surface area contributed by atoms with E-state index in [0.29, 0.717) is 23.5 Å². The van der Waals surface area contributed by atoms with Crippen molar-refractivity contribution >= 4 is 17.6 Å². The van der Waals surface area contributed by atoms with Crippen LogP contribution in [0.1, 0.15) is 56.1 Å². The maximum Gasteiger partial charge on any atom is 0.315 e. The first-order valence-corrected chi connectivity index (χ1v) is 9.73. The summed E-state index contributed by atoms with van der Waals surface area (Å²) in [4.78, 5) is 24.4. The van der Waals surface area contributed by atoms with Gasteiger partial charge in [-0.15, -0.1) is 0 Å². The summed E-state index contributed by atoms with van der Waals surface area (Å²) >= 11 is 0. The number of methoxy groups -OCH3 is 1. The maximum absolute atomic E-state index is 12.7. The Morgan fingerprint density at radius 1 is 1.03 bits per heavy atom. The number of benzene rings is 2. The van der Waals surface area contributed by atoms with Crippen molar-refractivity contribution in [2.24, 2.45) is 0 Å². The van der Waals surface area contributed by atoms with E-state index in [4.69, 9.17) is 4.74 Å². The molecule has 0 spiro atoms. The van der Waals surface area contributed by atoms with Crippen molar-refractivity contribution in [2.45, 2.75) is 52.6 Å². The first kappa shape index (κ1) is 22.3. The molecule has 0 aliphatic heterocycles. The first-order valence-electron chi connectivity index (χ1n) is 9.73. The Morgan fingerprint density at radius 3 is 2.24 bits per heavy atom. The SMILES string of the molecule is COc1ccc(C(C)(C)C)cc1NC(=O)c1ccc(CNC(=O)NC(C)C)cc1. The van der Waals surface area contributed by atoms with Gasteiger partial charge in [-0.05, 0) is 54.7 Å². The summed E-state index contributed by atoms with van der Waals surface area (Å²) in [5, 5.41) is 8.49. The third-order valence-electron chi connectivity index (χ3n) is 4.40. The second kappa shape index (κ2) is 9.45. The monoisotopic (exact) mass is 397 g/mol. The lowest BCUT2D eigenvalue weighted by molar-refractivity contribution is 0.102. The van der Waals surface area contributed by atoms with E-state index in [9.17, 15) is 9.59 Å². The minimum Gasteiger partial charge on any atom is -0.495 e. The van der Waals surface area contributed by atoms with Gasteiger partial charge in [0.15, 0.2) is 0 Å². The van der Waals surface area contributed by atoms with Gasteiger partial charge in [-0.3, -0.25) is 4.79 Å². The smallest absolute Gasteiger partial charge is 0.315 e. The predicted octanol–water partition coefficient (Wildman–Crippen LogP) is 4.45. The Kier molecular flexibility index (Phi) is 7.26. The fourth-order valence-electron chi connectivity index (χ4n) is 2.74. The molecule has 0 atom stereocenters. The number of urea groups is 1. The van der Waals surface area contributed by atoms with Gasteiger partial charge < -0.3 is 20.7 Å². The highest BCUT2D eigenvalue weighted by atomic mass is 16.5. The zero-order valence-electron chi connectivity index (χ0n) is 18.1. The average molecular weight is 398 g/mol. The average Bonchev–Trinajstić information content (AvgIpc) is 2.65. The molecular weight excluding hydrogens is 366 g/mol. The van der Waals surface area contributed by atoms with Crippen LogP contribution in [-0.2, 0) is 12.0 Å². The van der Waals surface area contributed by atoms with Gasteiger partial charge in [-0.1, -0.05) is 39.0 Å². The van der Waals surface area contributed by atoms with Gasteiger partial charge >= 0.3 is 6.03 Å². The molecule has 0 unspecified atom stereocenters. The minimum absolute atomic E-state index is 0.0394. The lowest BCUT2D eigenvalue weighted by Gasteiger charge is -2.21. The van der Waals surface area contributed by atoms with Crippen molar-refractivity contribution < 1.29 is 14.3 Å². The molecule has 6 heteroatoms. The highest BCUT2D eigenvalue weighted by Crippen LogP contribution is 2.31. The Labute approximate surface area is 173 Å². The molecule has 0 saturated heterocycles. The summed E-state index contributed by atoms with van der Waals surface area (Å²) in [6.07, 6.45) is 0. The fraction of sp³-hybridized carbons (Fsp3) is 0.391. The summed E-state index contributed by atoms with van der Waals surface area (Å²) in [5.41, 5.74) is 3.15. The number of carbonyl (C=O) groups excluding carboxylic acids is 2. The third-order valence-corrected chi connectivity index (χ3v) is 4.40. The van der Waals surface area contributed by atoms with Gasteiger partial charge in [0.25, 0.3) is 5.91 Å². The van der Waals surface area contributed by atoms with Crippen LogP contribution in [-0.4, -0.2) is 25.1 Å². The quantitative estimate of drug-likeness (QED) is 0.674. The predicted molar refractivity (Wildman–Crippen MR) is 117 cm³/mol. The molecule has 29 heavy (non-hydrogen) atoms. The number of hydrogen-bond acceptors (Lipinski definition) is 3. The van der Waals surface area contributed by atoms with Crippen LogP contribution in [0.15, 0.2) is 42.5 Å². The van der Waals surface area contributed by atoms with Crippen LogP contribution in [0.3, 0.4) is 0 Å². The zero-order valence-corrected chi connectivity index (χ0v) is 18.1. The van der Waals surface area contributed by atoms with Gasteiger partial charge in [-0.2, -0.15) is 0 Å². The molecule has 0 heterocycles. The molecular formula is C23H31N3O3. The number of rotatable bonds is 6. The summed E-state index contributed by atoms with van der Waals surface area (Å²) in [7, 11) is 1.58. The van der Waals surface area contributed by atoms with Crippen molar-refractivity contribution in [3.05, 3.63) is 59.2 Å². The van der Waals surface area contributed by atoms with Crippen molar-refractivity contribution in [3.63, 3.8) is 0 Å². The van der Waals surface area contributed by atoms with Crippen LogP contribution in [0.25, 0.3) is 0 Å².